The van der Waals surface area contributed by atoms with Gasteiger partial charge in [-0.05, 0) is 19.1 Å². The molecule has 1 unspecified atom stereocenters. The number of nitrogens with zero attached hydrogens (tertiary/aromatic N) is 1. The Kier molecular flexibility index (Phi) is 3.36. The van der Waals surface area contributed by atoms with Crippen molar-refractivity contribution in [2.24, 2.45) is 0 Å². The monoisotopic (exact) mass is 271 g/mol. The van der Waals surface area contributed by atoms with Crippen molar-refractivity contribution in [2.75, 3.05) is 18.6 Å². The first-order valence-electron chi connectivity index (χ1n) is 5.34. The van der Waals surface area contributed by atoms with Gasteiger partial charge in [0.15, 0.2) is 0 Å². The van der Waals surface area contributed by atoms with Gasteiger partial charge in [0.25, 0.3) is 11.7 Å². The van der Waals surface area contributed by atoms with Crippen molar-refractivity contribution in [1.29, 1.82) is 0 Å². The molecule has 0 fully saturated rings. The van der Waals surface area contributed by atoms with Crippen LogP contribution < -0.4 is 4.90 Å². The third kappa shape index (κ3) is 1.89. The van der Waals surface area contributed by atoms with Crippen LogP contribution in [0.15, 0.2) is 12.1 Å². The first kappa shape index (κ1) is 13.0. The van der Waals surface area contributed by atoms with Crippen LogP contribution in [0, 0.1) is 5.82 Å². The Bertz CT molecular complexity index is 532. The van der Waals surface area contributed by atoms with E-state index >= 15 is 0 Å². The average molecular weight is 272 g/mol. The van der Waals surface area contributed by atoms with E-state index in [0.29, 0.717) is 0 Å². The lowest BCUT2D eigenvalue weighted by atomic mass is 10.1. The number of anilines is 1. The van der Waals surface area contributed by atoms with Crippen molar-refractivity contribution in [3.05, 3.63) is 28.5 Å². The Labute approximate surface area is 108 Å². The Morgan fingerprint density at radius 1 is 1.44 bits per heavy atom. The summed E-state index contributed by atoms with van der Waals surface area (Å²) in [6.45, 7) is 1.82. The number of carbonyl (C=O) groups excluding carboxylic acids is 2. The Balaban J connectivity index is 2.51. The Hall–Kier alpha value is -1.46. The molecule has 0 spiro atoms. The molecule has 1 amide bonds. The summed E-state index contributed by atoms with van der Waals surface area (Å²) in [5.74, 6) is -2.20. The molecule has 1 atom stereocenters. The van der Waals surface area contributed by atoms with E-state index in [1.165, 1.54) is 13.2 Å². The van der Waals surface area contributed by atoms with Crippen molar-refractivity contribution >= 4 is 29.0 Å². The lowest BCUT2D eigenvalue weighted by molar-refractivity contribution is -0.114. The number of ether oxygens (including phenoxy) is 1. The van der Waals surface area contributed by atoms with Crippen LogP contribution in [0.25, 0.3) is 0 Å². The number of methoxy groups -OCH3 is 1. The number of Topliss-reactive ketones (excluding diaryl/α,β-unsaturated/α-hetero) is 1. The summed E-state index contributed by atoms with van der Waals surface area (Å²) in [5, 5.41) is 0.0809. The number of carbonyl (C=O) groups is 2. The number of rotatable bonds is 3. The van der Waals surface area contributed by atoms with Crippen molar-refractivity contribution in [1.82, 2.24) is 0 Å². The predicted octanol–water partition coefficient (Wildman–Crippen LogP) is 2.04. The number of halogens is 2. The summed E-state index contributed by atoms with van der Waals surface area (Å²) >= 11 is 5.84. The number of amides is 1. The highest BCUT2D eigenvalue weighted by Crippen LogP contribution is 2.36. The summed E-state index contributed by atoms with van der Waals surface area (Å²) in [4.78, 5) is 24.7. The zero-order chi connectivity index (χ0) is 13.4. The zero-order valence-corrected chi connectivity index (χ0v) is 10.6. The molecule has 2 rings (SSSR count). The van der Waals surface area contributed by atoms with Crippen molar-refractivity contribution < 1.29 is 18.7 Å². The summed E-state index contributed by atoms with van der Waals surface area (Å²) in [6.07, 6.45) is -0.314. The average Bonchev–Trinajstić information content (AvgIpc) is 2.60. The minimum Gasteiger partial charge on any atom is -0.380 e. The van der Waals surface area contributed by atoms with Crippen LogP contribution in [0.3, 0.4) is 0 Å². The Morgan fingerprint density at radius 3 is 2.72 bits per heavy atom. The maximum atomic E-state index is 13.8. The minimum absolute atomic E-state index is 0.0543. The van der Waals surface area contributed by atoms with Gasteiger partial charge in [0, 0.05) is 7.11 Å². The molecule has 6 heteroatoms. The van der Waals surface area contributed by atoms with E-state index in [0.717, 1.165) is 11.0 Å². The maximum absolute atomic E-state index is 13.8. The van der Waals surface area contributed by atoms with E-state index in [4.69, 9.17) is 16.3 Å². The van der Waals surface area contributed by atoms with E-state index < -0.39 is 17.5 Å². The van der Waals surface area contributed by atoms with Crippen LogP contribution in [0.5, 0.6) is 0 Å². The molecule has 0 N–H and O–H groups in total. The summed E-state index contributed by atoms with van der Waals surface area (Å²) < 4.78 is 18.8. The molecule has 18 heavy (non-hydrogen) atoms. The summed E-state index contributed by atoms with van der Waals surface area (Å²) in [6, 6.07) is 2.40. The molecule has 0 saturated carbocycles. The van der Waals surface area contributed by atoms with Crippen LogP contribution in [-0.4, -0.2) is 31.4 Å². The van der Waals surface area contributed by atoms with Crippen molar-refractivity contribution in [2.45, 2.75) is 13.0 Å². The second kappa shape index (κ2) is 4.66. The molecule has 0 bridgehead atoms. The van der Waals surface area contributed by atoms with Gasteiger partial charge in [-0.15, -0.1) is 0 Å². The number of benzene rings is 1. The largest absolute Gasteiger partial charge is 0.380 e. The summed E-state index contributed by atoms with van der Waals surface area (Å²) in [5.41, 5.74) is -0.119. The molecule has 0 aliphatic carbocycles. The van der Waals surface area contributed by atoms with E-state index in [9.17, 15) is 14.0 Å². The van der Waals surface area contributed by atoms with Crippen molar-refractivity contribution in [3.63, 3.8) is 0 Å². The minimum atomic E-state index is -0.780. The van der Waals surface area contributed by atoms with Gasteiger partial charge in [0.05, 0.1) is 28.9 Å². The fourth-order valence-corrected chi connectivity index (χ4v) is 2.10. The fraction of sp³-hybridized carbons (Fsp3) is 0.333. The molecule has 0 radical (unpaired) electrons. The summed E-state index contributed by atoms with van der Waals surface area (Å²) in [7, 11) is 1.47. The number of hydrogen-bond acceptors (Lipinski definition) is 3. The standard InChI is InChI=1S/C12H11ClFNO3/c1-6(18-2)5-15-10-8(14)4-3-7(13)9(10)11(16)12(15)17/h3-4,6H,5H2,1-2H3. The SMILES string of the molecule is COC(C)CN1C(=O)C(=O)c2c(Cl)ccc(F)c21. The van der Waals surface area contributed by atoms with Crippen LogP contribution in [0.2, 0.25) is 5.02 Å². The first-order chi connectivity index (χ1) is 8.47. The number of hydrogen-bond donors (Lipinski definition) is 0. The van der Waals surface area contributed by atoms with Crippen LogP contribution in [0.4, 0.5) is 10.1 Å². The maximum Gasteiger partial charge on any atom is 0.299 e. The van der Waals surface area contributed by atoms with Gasteiger partial charge in [-0.25, -0.2) is 4.39 Å². The van der Waals surface area contributed by atoms with Crippen molar-refractivity contribution in [3.8, 4) is 0 Å². The van der Waals surface area contributed by atoms with Crippen LogP contribution >= 0.6 is 11.6 Å². The molecule has 1 aliphatic rings. The van der Waals surface area contributed by atoms with Gasteiger partial charge in [0.1, 0.15) is 5.82 Å². The van der Waals surface area contributed by atoms with E-state index in [1.807, 2.05) is 0 Å². The third-order valence-electron chi connectivity index (χ3n) is 2.86. The second-order valence-corrected chi connectivity index (χ2v) is 4.45. The molecule has 0 aromatic heterocycles. The molecule has 96 valence electrons. The van der Waals surface area contributed by atoms with Gasteiger partial charge in [0.2, 0.25) is 0 Å². The third-order valence-corrected chi connectivity index (χ3v) is 3.17. The lowest BCUT2D eigenvalue weighted by Gasteiger charge is -2.20. The molecular weight excluding hydrogens is 261 g/mol. The van der Waals surface area contributed by atoms with E-state index in [2.05, 4.69) is 0 Å². The first-order valence-corrected chi connectivity index (χ1v) is 5.72. The van der Waals surface area contributed by atoms with Gasteiger partial charge in [-0.2, -0.15) is 0 Å². The fourth-order valence-electron chi connectivity index (χ4n) is 1.86. The van der Waals surface area contributed by atoms with Gasteiger partial charge in [-0.3, -0.25) is 14.5 Å². The number of fused-ring (bicyclic) bond motifs is 1. The molecule has 1 aromatic carbocycles. The topological polar surface area (TPSA) is 46.6 Å². The smallest absolute Gasteiger partial charge is 0.299 e. The Morgan fingerprint density at radius 2 is 2.11 bits per heavy atom. The number of ketones is 1. The molecule has 1 aliphatic heterocycles. The molecule has 1 aromatic rings. The van der Waals surface area contributed by atoms with Gasteiger partial charge in [-0.1, -0.05) is 11.6 Å². The van der Waals surface area contributed by atoms with Crippen LogP contribution in [-0.2, 0) is 9.53 Å². The highest BCUT2D eigenvalue weighted by molar-refractivity contribution is 6.55. The molecule has 0 saturated heterocycles. The normalized spacial score (nSPS) is 16.1. The zero-order valence-electron chi connectivity index (χ0n) is 9.87. The quantitative estimate of drug-likeness (QED) is 0.791. The predicted molar refractivity (Wildman–Crippen MR) is 64.6 cm³/mol. The molecule has 1 heterocycles. The highest BCUT2D eigenvalue weighted by Gasteiger charge is 2.40. The van der Waals surface area contributed by atoms with E-state index in [-0.39, 0.29) is 28.9 Å². The lowest BCUT2D eigenvalue weighted by Crippen LogP contribution is -2.36. The molecular formula is C12H11ClFNO3. The highest BCUT2D eigenvalue weighted by atomic mass is 35.5. The van der Waals surface area contributed by atoms with Crippen LogP contribution in [0.1, 0.15) is 17.3 Å². The second-order valence-electron chi connectivity index (χ2n) is 4.04. The molecule has 4 nitrogen and oxygen atoms in total. The van der Waals surface area contributed by atoms with Gasteiger partial charge < -0.3 is 4.74 Å². The van der Waals surface area contributed by atoms with E-state index in [1.54, 1.807) is 6.92 Å². The van der Waals surface area contributed by atoms with Gasteiger partial charge >= 0.3 is 0 Å².